The standard InChI is InChI=1S/C23H30N4S/c1-24-22(26-18-23(13-14-23)28-21-10-6-3-7-11-21)25-16-19-12-15-27(17-19)20-8-4-2-5-9-20/h2-11,19H,12-18H2,1H3,(H2,24,25,26). The number of hydrogen-bond donors (Lipinski definition) is 2. The number of thioether (sulfide) groups is 1. The summed E-state index contributed by atoms with van der Waals surface area (Å²) in [5.74, 6) is 1.59. The van der Waals surface area contributed by atoms with Crippen LogP contribution in [0.1, 0.15) is 19.3 Å². The van der Waals surface area contributed by atoms with Crippen LogP contribution >= 0.6 is 11.8 Å². The molecule has 2 N–H and O–H groups in total. The SMILES string of the molecule is CN=C(NCC1CCN(c2ccccc2)C1)NCC1(Sc2ccccc2)CC1. The van der Waals surface area contributed by atoms with Gasteiger partial charge < -0.3 is 15.5 Å². The summed E-state index contributed by atoms with van der Waals surface area (Å²) < 4.78 is 0.330. The van der Waals surface area contributed by atoms with Gasteiger partial charge in [-0.3, -0.25) is 4.99 Å². The number of nitrogens with one attached hydrogen (secondary N) is 2. The summed E-state index contributed by atoms with van der Waals surface area (Å²) in [6.45, 7) is 4.19. The van der Waals surface area contributed by atoms with Crippen LogP contribution in [-0.4, -0.2) is 43.9 Å². The highest BCUT2D eigenvalue weighted by atomic mass is 32.2. The lowest BCUT2D eigenvalue weighted by Crippen LogP contribution is -2.43. The van der Waals surface area contributed by atoms with Crippen LogP contribution < -0.4 is 15.5 Å². The zero-order chi connectivity index (χ0) is 19.2. The summed E-state index contributed by atoms with van der Waals surface area (Å²) >= 11 is 2.00. The molecule has 0 radical (unpaired) electrons. The number of benzene rings is 2. The van der Waals surface area contributed by atoms with Crippen molar-refractivity contribution in [2.75, 3.05) is 38.1 Å². The van der Waals surface area contributed by atoms with Crippen LogP contribution in [0.2, 0.25) is 0 Å². The average molecular weight is 395 g/mol. The summed E-state index contributed by atoms with van der Waals surface area (Å²) in [6.07, 6.45) is 3.77. The Labute approximate surface area is 172 Å². The van der Waals surface area contributed by atoms with E-state index in [9.17, 15) is 0 Å². The lowest BCUT2D eigenvalue weighted by atomic mass is 10.1. The zero-order valence-corrected chi connectivity index (χ0v) is 17.4. The van der Waals surface area contributed by atoms with E-state index in [0.717, 1.165) is 32.1 Å². The predicted molar refractivity (Wildman–Crippen MR) is 120 cm³/mol. The third kappa shape index (κ3) is 5.02. The lowest BCUT2D eigenvalue weighted by Gasteiger charge is -2.21. The molecule has 4 nitrogen and oxygen atoms in total. The fraction of sp³-hybridized carbons (Fsp3) is 0.435. The predicted octanol–water partition coefficient (Wildman–Crippen LogP) is 4.00. The smallest absolute Gasteiger partial charge is 0.191 e. The first-order chi connectivity index (χ1) is 13.8. The summed E-state index contributed by atoms with van der Waals surface area (Å²) in [7, 11) is 1.87. The van der Waals surface area contributed by atoms with Gasteiger partial charge >= 0.3 is 0 Å². The van der Waals surface area contributed by atoms with Gasteiger partial charge in [-0.05, 0) is 49.4 Å². The van der Waals surface area contributed by atoms with E-state index < -0.39 is 0 Å². The van der Waals surface area contributed by atoms with Crippen molar-refractivity contribution in [3.63, 3.8) is 0 Å². The van der Waals surface area contributed by atoms with E-state index in [1.165, 1.54) is 29.8 Å². The third-order valence-electron chi connectivity index (χ3n) is 5.65. The van der Waals surface area contributed by atoms with Crippen molar-refractivity contribution in [3.8, 4) is 0 Å². The fourth-order valence-electron chi connectivity index (χ4n) is 3.77. The largest absolute Gasteiger partial charge is 0.371 e. The molecule has 0 spiro atoms. The highest BCUT2D eigenvalue weighted by molar-refractivity contribution is 8.01. The molecule has 1 heterocycles. The molecule has 1 saturated heterocycles. The number of rotatable bonds is 7. The van der Waals surface area contributed by atoms with Crippen LogP contribution in [0.15, 0.2) is 70.6 Å². The van der Waals surface area contributed by atoms with E-state index in [4.69, 9.17) is 0 Å². The number of nitrogens with zero attached hydrogens (tertiary/aromatic N) is 2. The van der Waals surface area contributed by atoms with E-state index >= 15 is 0 Å². The molecule has 1 aliphatic carbocycles. The molecule has 2 aliphatic rings. The minimum absolute atomic E-state index is 0.330. The van der Waals surface area contributed by atoms with Crippen molar-refractivity contribution < 1.29 is 0 Å². The molecule has 2 aromatic carbocycles. The van der Waals surface area contributed by atoms with Gasteiger partial charge in [0.05, 0.1) is 0 Å². The minimum atomic E-state index is 0.330. The molecule has 1 saturated carbocycles. The van der Waals surface area contributed by atoms with Gasteiger partial charge in [0.2, 0.25) is 0 Å². The van der Waals surface area contributed by atoms with Crippen molar-refractivity contribution in [2.24, 2.45) is 10.9 Å². The molecule has 0 bridgehead atoms. The van der Waals surface area contributed by atoms with Gasteiger partial charge in [0, 0.05) is 48.6 Å². The summed E-state index contributed by atoms with van der Waals surface area (Å²) in [6, 6.07) is 21.5. The van der Waals surface area contributed by atoms with Crippen molar-refractivity contribution >= 4 is 23.4 Å². The molecular formula is C23H30N4S. The van der Waals surface area contributed by atoms with Crippen molar-refractivity contribution in [3.05, 3.63) is 60.7 Å². The molecule has 2 fully saturated rings. The maximum atomic E-state index is 4.44. The van der Waals surface area contributed by atoms with Gasteiger partial charge in [-0.1, -0.05) is 36.4 Å². The van der Waals surface area contributed by atoms with Crippen LogP contribution in [-0.2, 0) is 0 Å². The number of guanidine groups is 1. The van der Waals surface area contributed by atoms with E-state index in [1.54, 1.807) is 0 Å². The zero-order valence-electron chi connectivity index (χ0n) is 16.6. The fourth-order valence-corrected chi connectivity index (χ4v) is 5.02. The van der Waals surface area contributed by atoms with Crippen LogP contribution in [0.5, 0.6) is 0 Å². The van der Waals surface area contributed by atoms with Crippen LogP contribution in [0.4, 0.5) is 5.69 Å². The minimum Gasteiger partial charge on any atom is -0.371 e. The van der Waals surface area contributed by atoms with Crippen LogP contribution in [0.25, 0.3) is 0 Å². The molecule has 0 aromatic heterocycles. The Balaban J connectivity index is 1.21. The summed E-state index contributed by atoms with van der Waals surface area (Å²) in [5.41, 5.74) is 1.33. The van der Waals surface area contributed by atoms with Gasteiger partial charge in [-0.25, -0.2) is 0 Å². The van der Waals surface area contributed by atoms with Crippen molar-refractivity contribution in [1.82, 2.24) is 10.6 Å². The molecular weight excluding hydrogens is 364 g/mol. The number of hydrogen-bond acceptors (Lipinski definition) is 3. The number of anilines is 1. The Morgan fingerprint density at radius 2 is 1.79 bits per heavy atom. The van der Waals surface area contributed by atoms with Gasteiger partial charge in [0.15, 0.2) is 5.96 Å². The van der Waals surface area contributed by atoms with E-state index in [0.29, 0.717) is 10.7 Å². The lowest BCUT2D eigenvalue weighted by molar-refractivity contribution is 0.565. The monoisotopic (exact) mass is 394 g/mol. The first-order valence-corrected chi connectivity index (χ1v) is 11.1. The highest BCUT2D eigenvalue weighted by Gasteiger charge is 2.43. The average Bonchev–Trinajstić information content (AvgIpc) is 3.34. The number of para-hydroxylation sites is 1. The second-order valence-electron chi connectivity index (χ2n) is 7.84. The molecule has 5 heteroatoms. The Morgan fingerprint density at radius 1 is 1.07 bits per heavy atom. The summed E-state index contributed by atoms with van der Waals surface area (Å²) in [5, 5.41) is 7.11. The van der Waals surface area contributed by atoms with Gasteiger partial charge in [-0.2, -0.15) is 0 Å². The molecule has 0 amide bonds. The van der Waals surface area contributed by atoms with Crippen molar-refractivity contribution in [2.45, 2.75) is 28.9 Å². The normalized spacial score (nSPS) is 20.8. The first-order valence-electron chi connectivity index (χ1n) is 10.2. The van der Waals surface area contributed by atoms with Crippen molar-refractivity contribution in [1.29, 1.82) is 0 Å². The number of aliphatic imine (C=N–C) groups is 1. The van der Waals surface area contributed by atoms with E-state index in [2.05, 4.69) is 81.2 Å². The highest BCUT2D eigenvalue weighted by Crippen LogP contribution is 2.51. The Hall–Kier alpha value is -2.14. The Morgan fingerprint density at radius 3 is 2.46 bits per heavy atom. The second-order valence-corrected chi connectivity index (χ2v) is 9.38. The third-order valence-corrected chi connectivity index (χ3v) is 7.15. The molecule has 4 rings (SSSR count). The van der Waals surface area contributed by atoms with Crippen LogP contribution in [0, 0.1) is 5.92 Å². The molecule has 28 heavy (non-hydrogen) atoms. The van der Waals surface area contributed by atoms with Gasteiger partial charge in [-0.15, -0.1) is 11.8 Å². The quantitative estimate of drug-likeness (QED) is 0.550. The molecule has 1 aliphatic heterocycles. The van der Waals surface area contributed by atoms with Crippen LogP contribution in [0.3, 0.4) is 0 Å². The summed E-state index contributed by atoms with van der Waals surface area (Å²) in [4.78, 5) is 8.28. The maximum Gasteiger partial charge on any atom is 0.191 e. The molecule has 2 aromatic rings. The van der Waals surface area contributed by atoms with E-state index in [1.807, 2.05) is 18.8 Å². The second kappa shape index (κ2) is 8.91. The van der Waals surface area contributed by atoms with E-state index in [-0.39, 0.29) is 0 Å². The Kier molecular flexibility index (Phi) is 6.10. The van der Waals surface area contributed by atoms with Gasteiger partial charge in [0.1, 0.15) is 0 Å². The molecule has 1 atom stereocenters. The first kappa shape index (κ1) is 19.2. The van der Waals surface area contributed by atoms with Gasteiger partial charge in [0.25, 0.3) is 0 Å². The maximum absolute atomic E-state index is 4.44. The molecule has 1 unspecified atom stereocenters. The topological polar surface area (TPSA) is 39.7 Å². The molecule has 148 valence electrons. The Bertz CT molecular complexity index is 774.